The van der Waals surface area contributed by atoms with Crippen molar-refractivity contribution in [1.29, 1.82) is 0 Å². The quantitative estimate of drug-likeness (QED) is 0.675. The molecule has 1 atom stereocenters. The fourth-order valence-electron chi connectivity index (χ4n) is 3.66. The molecule has 2 heterocycles. The second kappa shape index (κ2) is 6.80. The van der Waals surface area contributed by atoms with Crippen LogP contribution in [0.5, 0.6) is 11.5 Å². The lowest BCUT2D eigenvalue weighted by Gasteiger charge is -2.23. The minimum absolute atomic E-state index is 0.178. The standard InChI is InChI=1S/C23H20N2O2/c1-3-7-17(8-4-1)21-16-20(24-25(21)19-9-5-2-6-10-19)18-11-12-22-23(15-18)27-14-13-26-22/h1-12,15,21H,13-14,16H2. The number of hydrazone groups is 1. The van der Waals surface area contributed by atoms with E-state index in [1.807, 2.05) is 24.3 Å². The maximum absolute atomic E-state index is 5.75. The minimum Gasteiger partial charge on any atom is -0.486 e. The van der Waals surface area contributed by atoms with Gasteiger partial charge in [-0.1, -0.05) is 48.5 Å². The Balaban J connectivity index is 1.53. The van der Waals surface area contributed by atoms with Crippen molar-refractivity contribution in [3.8, 4) is 11.5 Å². The van der Waals surface area contributed by atoms with Gasteiger partial charge in [0, 0.05) is 12.0 Å². The van der Waals surface area contributed by atoms with Crippen molar-refractivity contribution in [2.45, 2.75) is 12.5 Å². The zero-order chi connectivity index (χ0) is 18.1. The molecule has 5 rings (SSSR count). The molecule has 0 bridgehead atoms. The maximum atomic E-state index is 5.75. The summed E-state index contributed by atoms with van der Waals surface area (Å²) in [6, 6.07) is 27.2. The molecule has 3 aromatic rings. The Bertz CT molecular complexity index is 970. The van der Waals surface area contributed by atoms with Crippen LogP contribution in [-0.2, 0) is 0 Å². The van der Waals surface area contributed by atoms with Crippen molar-refractivity contribution in [3.05, 3.63) is 90.0 Å². The van der Waals surface area contributed by atoms with Crippen molar-refractivity contribution in [1.82, 2.24) is 0 Å². The molecule has 0 spiro atoms. The Morgan fingerprint density at radius 1 is 0.778 bits per heavy atom. The molecule has 0 saturated carbocycles. The van der Waals surface area contributed by atoms with Crippen molar-refractivity contribution in [2.24, 2.45) is 5.10 Å². The Kier molecular flexibility index (Phi) is 4.02. The summed E-state index contributed by atoms with van der Waals surface area (Å²) >= 11 is 0. The van der Waals surface area contributed by atoms with Crippen LogP contribution in [0.15, 0.2) is 84.0 Å². The second-order valence-corrected chi connectivity index (χ2v) is 6.72. The van der Waals surface area contributed by atoms with Gasteiger partial charge in [-0.25, -0.2) is 0 Å². The van der Waals surface area contributed by atoms with E-state index in [0.717, 1.165) is 34.9 Å². The molecule has 4 heteroatoms. The van der Waals surface area contributed by atoms with Crippen molar-refractivity contribution in [3.63, 3.8) is 0 Å². The Hall–Kier alpha value is -3.27. The number of ether oxygens (including phenoxy) is 2. The first-order valence-corrected chi connectivity index (χ1v) is 9.25. The van der Waals surface area contributed by atoms with Crippen LogP contribution in [0.1, 0.15) is 23.6 Å². The number of hydrogen-bond donors (Lipinski definition) is 0. The lowest BCUT2D eigenvalue weighted by molar-refractivity contribution is 0.171. The SMILES string of the molecule is c1ccc(C2CC(c3ccc4c(c3)OCCO4)=NN2c2ccccc2)cc1. The van der Waals surface area contributed by atoms with Gasteiger partial charge in [0.15, 0.2) is 11.5 Å². The Morgan fingerprint density at radius 3 is 2.26 bits per heavy atom. The molecule has 1 unspecified atom stereocenters. The summed E-state index contributed by atoms with van der Waals surface area (Å²) in [6.07, 6.45) is 0.846. The zero-order valence-corrected chi connectivity index (χ0v) is 14.9. The van der Waals surface area contributed by atoms with Gasteiger partial charge in [0.25, 0.3) is 0 Å². The van der Waals surface area contributed by atoms with Crippen LogP contribution in [0.4, 0.5) is 5.69 Å². The first kappa shape index (κ1) is 15.9. The summed E-state index contributed by atoms with van der Waals surface area (Å²) < 4.78 is 11.4. The molecule has 2 aliphatic heterocycles. The number of anilines is 1. The topological polar surface area (TPSA) is 34.1 Å². The molecule has 3 aromatic carbocycles. The number of hydrogen-bond acceptors (Lipinski definition) is 4. The van der Waals surface area contributed by atoms with Crippen LogP contribution in [-0.4, -0.2) is 18.9 Å². The normalized spacial score (nSPS) is 18.3. The lowest BCUT2D eigenvalue weighted by Crippen LogP contribution is -2.18. The van der Waals surface area contributed by atoms with Crippen LogP contribution in [0, 0.1) is 0 Å². The van der Waals surface area contributed by atoms with Crippen molar-refractivity contribution < 1.29 is 9.47 Å². The highest BCUT2D eigenvalue weighted by Crippen LogP contribution is 2.38. The molecule has 0 N–H and O–H groups in total. The minimum atomic E-state index is 0.178. The number of nitrogens with zero attached hydrogens (tertiary/aromatic N) is 2. The average Bonchev–Trinajstić information content (AvgIpc) is 3.20. The zero-order valence-electron chi connectivity index (χ0n) is 14.9. The van der Waals surface area contributed by atoms with E-state index in [2.05, 4.69) is 59.6 Å². The molecular formula is C23H20N2O2. The van der Waals surface area contributed by atoms with Gasteiger partial charge in [0.2, 0.25) is 0 Å². The summed E-state index contributed by atoms with van der Waals surface area (Å²) in [7, 11) is 0. The van der Waals surface area contributed by atoms with Crippen molar-refractivity contribution >= 4 is 11.4 Å². The van der Waals surface area contributed by atoms with Gasteiger partial charge in [-0.05, 0) is 35.9 Å². The molecule has 0 radical (unpaired) electrons. The number of para-hydroxylation sites is 1. The van der Waals surface area contributed by atoms with Crippen LogP contribution in [0.2, 0.25) is 0 Å². The molecule has 0 aliphatic carbocycles. The van der Waals surface area contributed by atoms with E-state index in [-0.39, 0.29) is 6.04 Å². The molecule has 0 aromatic heterocycles. The molecule has 2 aliphatic rings. The van der Waals surface area contributed by atoms with Crippen LogP contribution in [0.3, 0.4) is 0 Å². The summed E-state index contributed by atoms with van der Waals surface area (Å²) in [5.41, 5.74) is 4.50. The molecular weight excluding hydrogens is 336 g/mol. The van der Waals surface area contributed by atoms with Gasteiger partial charge < -0.3 is 9.47 Å². The first-order chi connectivity index (χ1) is 13.4. The first-order valence-electron chi connectivity index (χ1n) is 9.25. The lowest BCUT2D eigenvalue weighted by atomic mass is 9.98. The predicted octanol–water partition coefficient (Wildman–Crippen LogP) is 4.81. The van der Waals surface area contributed by atoms with Gasteiger partial charge in [0.05, 0.1) is 17.4 Å². The van der Waals surface area contributed by atoms with E-state index in [4.69, 9.17) is 14.6 Å². The third kappa shape index (κ3) is 3.04. The van der Waals surface area contributed by atoms with E-state index in [9.17, 15) is 0 Å². The largest absolute Gasteiger partial charge is 0.486 e. The van der Waals surface area contributed by atoms with Crippen molar-refractivity contribution in [2.75, 3.05) is 18.2 Å². The summed E-state index contributed by atoms with van der Waals surface area (Å²) in [6.45, 7) is 1.19. The van der Waals surface area contributed by atoms with Crippen LogP contribution < -0.4 is 14.5 Å². The number of benzene rings is 3. The number of fused-ring (bicyclic) bond motifs is 1. The highest BCUT2D eigenvalue weighted by molar-refractivity contribution is 6.03. The highest BCUT2D eigenvalue weighted by atomic mass is 16.6. The van der Waals surface area contributed by atoms with E-state index in [1.54, 1.807) is 0 Å². The van der Waals surface area contributed by atoms with Gasteiger partial charge in [-0.15, -0.1) is 0 Å². The maximum Gasteiger partial charge on any atom is 0.162 e. The third-order valence-electron chi connectivity index (χ3n) is 4.99. The predicted molar refractivity (Wildman–Crippen MR) is 107 cm³/mol. The summed E-state index contributed by atoms with van der Waals surface area (Å²) in [5, 5.41) is 7.12. The van der Waals surface area contributed by atoms with Crippen LogP contribution >= 0.6 is 0 Å². The van der Waals surface area contributed by atoms with Crippen LogP contribution in [0.25, 0.3) is 0 Å². The average molecular weight is 356 g/mol. The molecule has 0 fully saturated rings. The van der Waals surface area contributed by atoms with E-state index in [1.165, 1.54) is 5.56 Å². The molecule has 4 nitrogen and oxygen atoms in total. The summed E-state index contributed by atoms with van der Waals surface area (Å²) in [4.78, 5) is 0. The van der Waals surface area contributed by atoms with Gasteiger partial charge >= 0.3 is 0 Å². The smallest absolute Gasteiger partial charge is 0.162 e. The van der Waals surface area contributed by atoms with Gasteiger partial charge in [-0.2, -0.15) is 5.10 Å². The Labute approximate surface area is 158 Å². The highest BCUT2D eigenvalue weighted by Gasteiger charge is 2.30. The van der Waals surface area contributed by atoms with E-state index in [0.29, 0.717) is 13.2 Å². The molecule has 0 saturated heterocycles. The molecule has 134 valence electrons. The fourth-order valence-corrected chi connectivity index (χ4v) is 3.66. The second-order valence-electron chi connectivity index (χ2n) is 6.72. The van der Waals surface area contributed by atoms with Gasteiger partial charge in [0.1, 0.15) is 13.2 Å². The molecule has 0 amide bonds. The van der Waals surface area contributed by atoms with Gasteiger partial charge in [-0.3, -0.25) is 5.01 Å². The summed E-state index contributed by atoms with van der Waals surface area (Å²) in [5.74, 6) is 1.61. The fraction of sp³-hybridized carbons (Fsp3) is 0.174. The number of rotatable bonds is 3. The monoisotopic (exact) mass is 356 g/mol. The van der Waals surface area contributed by atoms with E-state index >= 15 is 0 Å². The Morgan fingerprint density at radius 2 is 1.48 bits per heavy atom. The molecule has 27 heavy (non-hydrogen) atoms. The van der Waals surface area contributed by atoms with E-state index < -0.39 is 0 Å². The third-order valence-corrected chi connectivity index (χ3v) is 4.99.